The number of aliphatic hydroxyl groups is 1. The molecular weight excluding hydrogens is 252 g/mol. The van der Waals surface area contributed by atoms with E-state index >= 15 is 0 Å². The van der Waals surface area contributed by atoms with Crippen LogP contribution in [-0.2, 0) is 0 Å². The molecule has 108 valence electrons. The molecule has 0 unspecified atom stereocenters. The third-order valence-electron chi connectivity index (χ3n) is 5.36. The van der Waals surface area contributed by atoms with Crippen LogP contribution in [0.25, 0.3) is 0 Å². The number of hydrogen-bond acceptors (Lipinski definition) is 3. The Morgan fingerprint density at radius 2 is 1.95 bits per heavy atom. The Labute approximate surface area is 119 Å². The minimum atomic E-state index is -0.535. The van der Waals surface area contributed by atoms with Gasteiger partial charge in [0.25, 0.3) is 5.91 Å². The normalized spacial score (nSPS) is 28.2. The molecule has 1 saturated carbocycles. The van der Waals surface area contributed by atoms with Crippen LogP contribution in [0.1, 0.15) is 48.5 Å². The molecule has 3 rings (SSSR count). The highest BCUT2D eigenvalue weighted by atomic mass is 16.3. The average molecular weight is 274 g/mol. The number of likely N-dealkylation sites (tertiary alicyclic amines) is 1. The number of pyridine rings is 1. The average Bonchev–Trinajstić information content (AvgIpc) is 2.45. The predicted octanol–water partition coefficient (Wildman–Crippen LogP) is 2.16. The Morgan fingerprint density at radius 1 is 1.25 bits per heavy atom. The Balaban J connectivity index is 1.68. The Kier molecular flexibility index (Phi) is 3.09. The topological polar surface area (TPSA) is 53.4 Å². The van der Waals surface area contributed by atoms with Gasteiger partial charge in [-0.05, 0) is 51.2 Å². The van der Waals surface area contributed by atoms with E-state index in [-0.39, 0.29) is 11.3 Å². The van der Waals surface area contributed by atoms with Crippen molar-refractivity contribution in [1.82, 2.24) is 9.88 Å². The van der Waals surface area contributed by atoms with Gasteiger partial charge < -0.3 is 10.0 Å². The van der Waals surface area contributed by atoms with E-state index in [1.807, 2.05) is 24.8 Å². The number of aryl methyl sites for hydroxylation is 1. The summed E-state index contributed by atoms with van der Waals surface area (Å²) in [4.78, 5) is 18.4. The highest BCUT2D eigenvalue weighted by Gasteiger charge is 2.55. The van der Waals surface area contributed by atoms with Crippen molar-refractivity contribution in [2.45, 2.75) is 45.1 Å². The summed E-state index contributed by atoms with van der Waals surface area (Å²) in [5.74, 6) is 0.0648. The first kappa shape index (κ1) is 13.6. The standard InChI is InChI=1S/C16H22N2O2/c1-12-9-13(11-17-10-12)14(19)18-7-5-16(6-8-18)4-3-15(16,2)20/h9-11,20H,3-8H2,1-2H3/t15-/m0/s1. The number of amides is 1. The molecule has 1 aromatic heterocycles. The first-order valence-corrected chi connectivity index (χ1v) is 7.37. The second-order valence-electron chi connectivity index (χ2n) is 6.60. The van der Waals surface area contributed by atoms with E-state index in [1.165, 1.54) is 0 Å². The number of nitrogens with zero attached hydrogens (tertiary/aromatic N) is 2. The maximum Gasteiger partial charge on any atom is 0.255 e. The van der Waals surface area contributed by atoms with Gasteiger partial charge in [-0.15, -0.1) is 0 Å². The molecule has 1 N–H and O–H groups in total. The molecule has 1 aliphatic carbocycles. The molecule has 2 aliphatic rings. The molecule has 4 heteroatoms. The molecule has 1 saturated heterocycles. The molecule has 2 heterocycles. The molecule has 1 spiro atoms. The maximum absolute atomic E-state index is 12.5. The van der Waals surface area contributed by atoms with Gasteiger partial charge in [-0.1, -0.05) is 0 Å². The van der Waals surface area contributed by atoms with E-state index < -0.39 is 5.60 Å². The van der Waals surface area contributed by atoms with Crippen molar-refractivity contribution in [3.05, 3.63) is 29.6 Å². The lowest BCUT2D eigenvalue weighted by Gasteiger charge is -2.58. The van der Waals surface area contributed by atoms with Crippen LogP contribution in [0.15, 0.2) is 18.5 Å². The van der Waals surface area contributed by atoms with Gasteiger partial charge in [0.15, 0.2) is 0 Å². The third-order valence-corrected chi connectivity index (χ3v) is 5.36. The van der Waals surface area contributed by atoms with E-state index in [2.05, 4.69) is 4.98 Å². The van der Waals surface area contributed by atoms with Gasteiger partial charge in [-0.2, -0.15) is 0 Å². The molecular formula is C16H22N2O2. The van der Waals surface area contributed by atoms with Crippen molar-refractivity contribution < 1.29 is 9.90 Å². The Morgan fingerprint density at radius 3 is 2.45 bits per heavy atom. The number of piperidine rings is 1. The molecule has 1 amide bonds. The van der Waals surface area contributed by atoms with E-state index in [9.17, 15) is 9.90 Å². The van der Waals surface area contributed by atoms with E-state index in [1.54, 1.807) is 12.4 Å². The van der Waals surface area contributed by atoms with Crippen molar-refractivity contribution in [3.8, 4) is 0 Å². The molecule has 1 aliphatic heterocycles. The summed E-state index contributed by atoms with van der Waals surface area (Å²) >= 11 is 0. The minimum Gasteiger partial charge on any atom is -0.390 e. The summed E-state index contributed by atoms with van der Waals surface area (Å²) in [6, 6.07) is 1.89. The molecule has 0 aromatic carbocycles. The summed E-state index contributed by atoms with van der Waals surface area (Å²) in [5, 5.41) is 10.4. The zero-order valence-corrected chi connectivity index (χ0v) is 12.2. The van der Waals surface area contributed by atoms with Crippen LogP contribution in [0.5, 0.6) is 0 Å². The fourth-order valence-corrected chi connectivity index (χ4v) is 3.62. The van der Waals surface area contributed by atoms with Crippen LogP contribution in [0.2, 0.25) is 0 Å². The number of carbonyl (C=O) groups excluding carboxylic acids is 1. The maximum atomic E-state index is 12.5. The largest absolute Gasteiger partial charge is 0.390 e. The summed E-state index contributed by atoms with van der Waals surface area (Å²) < 4.78 is 0. The van der Waals surface area contributed by atoms with Gasteiger partial charge in [0.1, 0.15) is 0 Å². The van der Waals surface area contributed by atoms with Crippen LogP contribution >= 0.6 is 0 Å². The van der Waals surface area contributed by atoms with E-state index in [0.717, 1.165) is 44.3 Å². The van der Waals surface area contributed by atoms with Crippen molar-refractivity contribution in [3.63, 3.8) is 0 Å². The Hall–Kier alpha value is -1.42. The predicted molar refractivity (Wildman–Crippen MR) is 76.4 cm³/mol. The zero-order chi connectivity index (χ0) is 14.4. The Bertz CT molecular complexity index is 531. The first-order chi connectivity index (χ1) is 9.44. The summed E-state index contributed by atoms with van der Waals surface area (Å²) in [5.41, 5.74) is 1.19. The SMILES string of the molecule is Cc1cncc(C(=O)N2CCC3(CC2)CC[C@]3(C)O)c1. The van der Waals surface area contributed by atoms with Crippen LogP contribution < -0.4 is 0 Å². The smallest absolute Gasteiger partial charge is 0.255 e. The van der Waals surface area contributed by atoms with Gasteiger partial charge in [0, 0.05) is 30.9 Å². The van der Waals surface area contributed by atoms with Crippen molar-refractivity contribution in [2.75, 3.05) is 13.1 Å². The van der Waals surface area contributed by atoms with Crippen LogP contribution in [0, 0.1) is 12.3 Å². The highest BCUT2D eigenvalue weighted by molar-refractivity contribution is 5.94. The molecule has 2 fully saturated rings. The summed E-state index contributed by atoms with van der Waals surface area (Å²) in [6.07, 6.45) is 7.19. The van der Waals surface area contributed by atoms with Crippen LogP contribution in [0.3, 0.4) is 0 Å². The van der Waals surface area contributed by atoms with Gasteiger partial charge >= 0.3 is 0 Å². The van der Waals surface area contributed by atoms with Crippen molar-refractivity contribution >= 4 is 5.91 Å². The molecule has 0 bridgehead atoms. The van der Waals surface area contributed by atoms with Crippen molar-refractivity contribution in [1.29, 1.82) is 0 Å². The number of aromatic nitrogens is 1. The highest BCUT2D eigenvalue weighted by Crippen LogP contribution is 2.56. The van der Waals surface area contributed by atoms with Crippen LogP contribution in [-0.4, -0.2) is 39.6 Å². The zero-order valence-electron chi connectivity index (χ0n) is 12.2. The number of hydrogen-bond donors (Lipinski definition) is 1. The van der Waals surface area contributed by atoms with Gasteiger partial charge in [-0.3, -0.25) is 9.78 Å². The number of carbonyl (C=O) groups is 1. The lowest BCUT2D eigenvalue weighted by molar-refractivity contribution is -0.174. The first-order valence-electron chi connectivity index (χ1n) is 7.37. The minimum absolute atomic E-state index is 0.0502. The van der Waals surface area contributed by atoms with Crippen LogP contribution in [0.4, 0.5) is 0 Å². The molecule has 4 nitrogen and oxygen atoms in total. The number of rotatable bonds is 1. The second-order valence-corrected chi connectivity index (χ2v) is 6.60. The summed E-state index contributed by atoms with van der Waals surface area (Å²) in [7, 11) is 0. The van der Waals surface area contributed by atoms with Gasteiger partial charge in [0.05, 0.1) is 11.2 Å². The fraction of sp³-hybridized carbons (Fsp3) is 0.625. The van der Waals surface area contributed by atoms with E-state index in [0.29, 0.717) is 5.56 Å². The van der Waals surface area contributed by atoms with Gasteiger partial charge in [-0.25, -0.2) is 0 Å². The summed E-state index contributed by atoms with van der Waals surface area (Å²) in [6.45, 7) is 5.37. The molecule has 1 aromatic rings. The van der Waals surface area contributed by atoms with Gasteiger partial charge in [0.2, 0.25) is 0 Å². The van der Waals surface area contributed by atoms with E-state index in [4.69, 9.17) is 0 Å². The molecule has 20 heavy (non-hydrogen) atoms. The molecule has 1 atom stereocenters. The lowest BCUT2D eigenvalue weighted by atomic mass is 9.53. The fourth-order valence-electron chi connectivity index (χ4n) is 3.62. The second kappa shape index (κ2) is 4.55. The molecule has 0 radical (unpaired) electrons. The van der Waals surface area contributed by atoms with Crippen molar-refractivity contribution in [2.24, 2.45) is 5.41 Å². The quantitative estimate of drug-likeness (QED) is 0.853. The lowest BCUT2D eigenvalue weighted by Crippen LogP contribution is -2.60. The monoisotopic (exact) mass is 274 g/mol. The third kappa shape index (κ3) is 2.03.